The van der Waals surface area contributed by atoms with Crippen molar-refractivity contribution < 1.29 is 4.79 Å². The summed E-state index contributed by atoms with van der Waals surface area (Å²) in [5.74, 6) is 0.670. The highest BCUT2D eigenvalue weighted by atomic mass is 16.2. The molecular weight excluding hydrogens is 308 g/mol. The van der Waals surface area contributed by atoms with Crippen LogP contribution < -0.4 is 4.90 Å². The Labute approximate surface area is 151 Å². The Balaban J connectivity index is 1.72. The van der Waals surface area contributed by atoms with Crippen LogP contribution in [0.3, 0.4) is 0 Å². The van der Waals surface area contributed by atoms with Gasteiger partial charge in [-0.1, -0.05) is 49.7 Å². The van der Waals surface area contributed by atoms with Crippen molar-refractivity contribution in [3.63, 3.8) is 0 Å². The molecule has 1 amide bonds. The third-order valence-electron chi connectivity index (χ3n) is 5.09. The number of aryl methyl sites for hydroxylation is 2. The fourth-order valence-corrected chi connectivity index (χ4v) is 3.55. The van der Waals surface area contributed by atoms with Crippen molar-refractivity contribution in [2.45, 2.75) is 33.6 Å². The zero-order valence-corrected chi connectivity index (χ0v) is 15.7. The molecule has 0 atom stereocenters. The minimum atomic E-state index is 0.165. The molecule has 0 saturated carbocycles. The Hall–Kier alpha value is -2.29. The van der Waals surface area contributed by atoms with Gasteiger partial charge in [-0.05, 0) is 43.0 Å². The average molecular weight is 336 g/mol. The van der Waals surface area contributed by atoms with Crippen molar-refractivity contribution in [2.75, 3.05) is 31.1 Å². The molecule has 0 N–H and O–H groups in total. The number of anilines is 1. The summed E-state index contributed by atoms with van der Waals surface area (Å²) in [6, 6.07) is 14.8. The smallest absolute Gasteiger partial charge is 0.254 e. The minimum absolute atomic E-state index is 0.165. The molecule has 132 valence electrons. The van der Waals surface area contributed by atoms with Gasteiger partial charge in [-0.15, -0.1) is 0 Å². The number of para-hydroxylation sites is 1. The maximum absolute atomic E-state index is 12.9. The molecular formula is C22H28N2O. The number of carbonyl (C=O) groups excluding carboxylic acids is 1. The SMILES string of the molecule is Cc1ccc(C)c(C(=O)N2CCN(c3ccccc3C(C)C)CC2)c1. The van der Waals surface area contributed by atoms with Crippen molar-refractivity contribution >= 4 is 11.6 Å². The Morgan fingerprint density at radius 2 is 1.64 bits per heavy atom. The van der Waals surface area contributed by atoms with E-state index in [1.165, 1.54) is 11.3 Å². The topological polar surface area (TPSA) is 23.6 Å². The van der Waals surface area contributed by atoms with E-state index >= 15 is 0 Å². The molecule has 1 aliphatic rings. The summed E-state index contributed by atoms with van der Waals surface area (Å²) >= 11 is 0. The van der Waals surface area contributed by atoms with Crippen LogP contribution in [-0.2, 0) is 0 Å². The molecule has 0 unspecified atom stereocenters. The van der Waals surface area contributed by atoms with Gasteiger partial charge in [0.25, 0.3) is 5.91 Å². The molecule has 2 aromatic rings. The van der Waals surface area contributed by atoms with Gasteiger partial charge in [0.2, 0.25) is 0 Å². The normalized spacial score (nSPS) is 14.9. The molecule has 3 heteroatoms. The first-order valence-corrected chi connectivity index (χ1v) is 9.18. The lowest BCUT2D eigenvalue weighted by Gasteiger charge is -2.37. The Morgan fingerprint density at radius 1 is 0.960 bits per heavy atom. The fraction of sp³-hybridized carbons (Fsp3) is 0.409. The van der Waals surface area contributed by atoms with Crippen LogP contribution in [0.15, 0.2) is 42.5 Å². The van der Waals surface area contributed by atoms with E-state index in [0.29, 0.717) is 5.92 Å². The lowest BCUT2D eigenvalue weighted by Crippen LogP contribution is -2.49. The van der Waals surface area contributed by atoms with Gasteiger partial charge >= 0.3 is 0 Å². The van der Waals surface area contributed by atoms with E-state index in [1.807, 2.05) is 30.9 Å². The van der Waals surface area contributed by atoms with Gasteiger partial charge < -0.3 is 9.80 Å². The van der Waals surface area contributed by atoms with Crippen molar-refractivity contribution in [2.24, 2.45) is 0 Å². The predicted molar refractivity (Wildman–Crippen MR) is 105 cm³/mol. The van der Waals surface area contributed by atoms with E-state index < -0.39 is 0 Å². The first-order chi connectivity index (χ1) is 12.0. The average Bonchev–Trinajstić information content (AvgIpc) is 2.63. The Bertz CT molecular complexity index is 758. The number of rotatable bonds is 3. The van der Waals surface area contributed by atoms with E-state index in [0.717, 1.165) is 42.9 Å². The zero-order chi connectivity index (χ0) is 18.0. The molecule has 3 rings (SSSR count). The van der Waals surface area contributed by atoms with Crippen LogP contribution in [-0.4, -0.2) is 37.0 Å². The largest absolute Gasteiger partial charge is 0.368 e. The second kappa shape index (κ2) is 7.30. The second-order valence-corrected chi connectivity index (χ2v) is 7.31. The Morgan fingerprint density at radius 3 is 2.32 bits per heavy atom. The van der Waals surface area contributed by atoms with E-state index in [1.54, 1.807) is 0 Å². The first kappa shape index (κ1) is 17.5. The van der Waals surface area contributed by atoms with Crippen LogP contribution in [0.25, 0.3) is 0 Å². The molecule has 0 radical (unpaired) electrons. The van der Waals surface area contributed by atoms with E-state index in [2.05, 4.69) is 49.1 Å². The van der Waals surface area contributed by atoms with Crippen LogP contribution in [0.1, 0.15) is 46.8 Å². The monoisotopic (exact) mass is 336 g/mol. The number of piperazine rings is 1. The molecule has 0 bridgehead atoms. The number of nitrogens with zero attached hydrogens (tertiary/aromatic N) is 2. The fourth-order valence-electron chi connectivity index (χ4n) is 3.55. The summed E-state index contributed by atoms with van der Waals surface area (Å²) in [5.41, 5.74) is 5.74. The summed E-state index contributed by atoms with van der Waals surface area (Å²) in [4.78, 5) is 17.3. The third-order valence-corrected chi connectivity index (χ3v) is 5.09. The highest BCUT2D eigenvalue weighted by Crippen LogP contribution is 2.28. The lowest BCUT2D eigenvalue weighted by atomic mass is 10.00. The van der Waals surface area contributed by atoms with Crippen LogP contribution in [0.2, 0.25) is 0 Å². The van der Waals surface area contributed by atoms with Gasteiger partial charge in [-0.25, -0.2) is 0 Å². The predicted octanol–water partition coefficient (Wildman–Crippen LogP) is 4.39. The summed E-state index contributed by atoms with van der Waals surface area (Å²) in [5, 5.41) is 0. The van der Waals surface area contributed by atoms with Gasteiger partial charge in [0.05, 0.1) is 0 Å². The number of hydrogen-bond acceptors (Lipinski definition) is 2. The van der Waals surface area contributed by atoms with Crippen LogP contribution >= 0.6 is 0 Å². The molecule has 25 heavy (non-hydrogen) atoms. The highest BCUT2D eigenvalue weighted by Gasteiger charge is 2.24. The maximum atomic E-state index is 12.9. The highest BCUT2D eigenvalue weighted by molar-refractivity contribution is 5.96. The lowest BCUT2D eigenvalue weighted by molar-refractivity contribution is 0.0746. The third kappa shape index (κ3) is 3.71. The zero-order valence-electron chi connectivity index (χ0n) is 15.7. The maximum Gasteiger partial charge on any atom is 0.254 e. The summed E-state index contributed by atoms with van der Waals surface area (Å²) in [7, 11) is 0. The summed E-state index contributed by atoms with van der Waals surface area (Å²) in [6.45, 7) is 11.9. The van der Waals surface area contributed by atoms with Crippen molar-refractivity contribution in [3.8, 4) is 0 Å². The van der Waals surface area contributed by atoms with Gasteiger partial charge in [0.1, 0.15) is 0 Å². The number of hydrogen-bond donors (Lipinski definition) is 0. The molecule has 3 nitrogen and oxygen atoms in total. The van der Waals surface area contributed by atoms with Gasteiger partial charge in [0.15, 0.2) is 0 Å². The molecule has 0 spiro atoms. The van der Waals surface area contributed by atoms with Gasteiger partial charge in [-0.3, -0.25) is 4.79 Å². The van der Waals surface area contributed by atoms with Crippen LogP contribution in [0, 0.1) is 13.8 Å². The number of carbonyl (C=O) groups is 1. The second-order valence-electron chi connectivity index (χ2n) is 7.31. The molecule has 0 aromatic heterocycles. The van der Waals surface area contributed by atoms with Gasteiger partial charge in [-0.2, -0.15) is 0 Å². The van der Waals surface area contributed by atoms with Crippen LogP contribution in [0.4, 0.5) is 5.69 Å². The molecule has 1 fully saturated rings. The molecule has 1 aliphatic heterocycles. The molecule has 2 aromatic carbocycles. The summed E-state index contributed by atoms with van der Waals surface area (Å²) in [6.07, 6.45) is 0. The van der Waals surface area contributed by atoms with Crippen molar-refractivity contribution in [3.05, 3.63) is 64.7 Å². The Kier molecular flexibility index (Phi) is 5.12. The first-order valence-electron chi connectivity index (χ1n) is 9.18. The molecule has 1 heterocycles. The van der Waals surface area contributed by atoms with Crippen molar-refractivity contribution in [1.29, 1.82) is 0 Å². The number of amides is 1. The van der Waals surface area contributed by atoms with Crippen LogP contribution in [0.5, 0.6) is 0 Å². The quantitative estimate of drug-likeness (QED) is 0.830. The van der Waals surface area contributed by atoms with E-state index in [9.17, 15) is 4.79 Å². The standard InChI is InChI=1S/C22H28N2O/c1-16(2)19-7-5-6-8-21(19)23-11-13-24(14-12-23)22(25)20-15-17(3)9-10-18(20)4/h5-10,15-16H,11-14H2,1-4H3. The molecule has 1 saturated heterocycles. The van der Waals surface area contributed by atoms with Gasteiger partial charge in [0, 0.05) is 37.4 Å². The molecule has 0 aliphatic carbocycles. The van der Waals surface area contributed by atoms with E-state index in [-0.39, 0.29) is 5.91 Å². The van der Waals surface area contributed by atoms with E-state index in [4.69, 9.17) is 0 Å². The number of benzene rings is 2. The van der Waals surface area contributed by atoms with Crippen molar-refractivity contribution in [1.82, 2.24) is 4.90 Å². The minimum Gasteiger partial charge on any atom is -0.368 e. The summed E-state index contributed by atoms with van der Waals surface area (Å²) < 4.78 is 0.